The highest BCUT2D eigenvalue weighted by molar-refractivity contribution is 7.89. The molecule has 0 heterocycles. The Morgan fingerprint density at radius 1 is 1.21 bits per heavy atom. The number of methoxy groups -OCH3 is 2. The largest absolute Gasteiger partial charge is 0.493 e. The number of nitrogens with one attached hydrogen (secondary N) is 1. The summed E-state index contributed by atoms with van der Waals surface area (Å²) in [5.74, 6) is 1.18. The molecule has 0 saturated heterocycles. The Balaban J connectivity index is 0.00000529. The van der Waals surface area contributed by atoms with Gasteiger partial charge in [-0.25, -0.2) is 13.1 Å². The van der Waals surface area contributed by atoms with Crippen molar-refractivity contribution >= 4 is 22.4 Å². The SMILES string of the molecule is COc1cc(C)c(S(=O)(=O)NC(C)(CN)CC(C)C)cc1OC.Cl. The number of halogens is 1. The second-order valence-corrected chi connectivity index (χ2v) is 8.09. The van der Waals surface area contributed by atoms with Gasteiger partial charge in [0.15, 0.2) is 11.5 Å². The lowest BCUT2D eigenvalue weighted by Gasteiger charge is -2.31. The molecule has 1 aromatic carbocycles. The first-order valence-corrected chi connectivity index (χ1v) is 9.03. The molecule has 140 valence electrons. The first-order valence-electron chi connectivity index (χ1n) is 7.55. The van der Waals surface area contributed by atoms with Gasteiger partial charge in [0, 0.05) is 18.2 Å². The topological polar surface area (TPSA) is 90.7 Å². The molecule has 6 nitrogen and oxygen atoms in total. The second-order valence-electron chi connectivity index (χ2n) is 6.44. The molecule has 1 rings (SSSR count). The third-order valence-electron chi connectivity index (χ3n) is 3.66. The molecular formula is C16H29ClN2O4S. The molecule has 1 unspecified atom stereocenters. The molecule has 0 spiro atoms. The van der Waals surface area contributed by atoms with Crippen LogP contribution in [-0.4, -0.2) is 34.7 Å². The average molecular weight is 381 g/mol. The van der Waals surface area contributed by atoms with Gasteiger partial charge in [-0.3, -0.25) is 0 Å². The van der Waals surface area contributed by atoms with Crippen molar-refractivity contribution in [2.45, 2.75) is 44.6 Å². The Kier molecular flexibility index (Phi) is 8.52. The van der Waals surface area contributed by atoms with Gasteiger partial charge < -0.3 is 15.2 Å². The van der Waals surface area contributed by atoms with Gasteiger partial charge in [0.1, 0.15) is 0 Å². The normalized spacial score (nSPS) is 14.0. The highest BCUT2D eigenvalue weighted by Gasteiger charge is 2.31. The summed E-state index contributed by atoms with van der Waals surface area (Å²) < 4.78 is 38.8. The monoisotopic (exact) mass is 380 g/mol. The Bertz CT molecular complexity index is 650. The molecule has 24 heavy (non-hydrogen) atoms. The number of aryl methyl sites for hydroxylation is 1. The van der Waals surface area contributed by atoms with Gasteiger partial charge in [0.05, 0.1) is 19.1 Å². The maximum atomic E-state index is 12.8. The van der Waals surface area contributed by atoms with Crippen LogP contribution >= 0.6 is 12.4 Å². The zero-order chi connectivity index (χ0) is 17.8. The highest BCUT2D eigenvalue weighted by Crippen LogP contribution is 2.33. The summed E-state index contributed by atoms with van der Waals surface area (Å²) in [7, 11) is -0.746. The van der Waals surface area contributed by atoms with E-state index < -0.39 is 15.6 Å². The number of hydrogen-bond donors (Lipinski definition) is 2. The second kappa shape index (κ2) is 8.89. The predicted octanol–water partition coefficient (Wildman–Crippen LogP) is 2.48. The molecule has 1 atom stereocenters. The van der Waals surface area contributed by atoms with E-state index >= 15 is 0 Å². The summed E-state index contributed by atoms with van der Waals surface area (Å²) in [5.41, 5.74) is 5.69. The average Bonchev–Trinajstić information content (AvgIpc) is 2.45. The Morgan fingerprint density at radius 3 is 2.12 bits per heavy atom. The maximum absolute atomic E-state index is 12.8. The summed E-state index contributed by atoms with van der Waals surface area (Å²) in [4.78, 5) is 0.165. The quantitative estimate of drug-likeness (QED) is 0.722. The van der Waals surface area contributed by atoms with E-state index in [9.17, 15) is 8.42 Å². The molecule has 0 radical (unpaired) electrons. The minimum absolute atomic E-state index is 0. The van der Waals surface area contributed by atoms with Crippen LogP contribution in [0.1, 0.15) is 32.8 Å². The minimum atomic E-state index is -3.73. The van der Waals surface area contributed by atoms with Crippen LogP contribution in [-0.2, 0) is 10.0 Å². The van der Waals surface area contributed by atoms with Crippen molar-refractivity contribution in [2.24, 2.45) is 11.7 Å². The first kappa shape index (κ1) is 23.0. The lowest BCUT2D eigenvalue weighted by atomic mass is 9.92. The van der Waals surface area contributed by atoms with Crippen LogP contribution in [0.5, 0.6) is 11.5 Å². The standard InChI is InChI=1S/C16H28N2O4S.ClH/c1-11(2)9-16(4,10-17)18-23(19,20)15-8-14(22-6)13(21-5)7-12(15)3;/h7-8,11,18H,9-10,17H2,1-6H3;1H. The van der Waals surface area contributed by atoms with Crippen molar-refractivity contribution < 1.29 is 17.9 Å². The van der Waals surface area contributed by atoms with E-state index in [-0.39, 0.29) is 23.8 Å². The van der Waals surface area contributed by atoms with E-state index in [1.54, 1.807) is 13.0 Å². The van der Waals surface area contributed by atoms with Crippen molar-refractivity contribution in [2.75, 3.05) is 20.8 Å². The lowest BCUT2D eigenvalue weighted by Crippen LogP contribution is -2.52. The van der Waals surface area contributed by atoms with Gasteiger partial charge >= 0.3 is 0 Å². The molecule has 0 fully saturated rings. The number of nitrogens with two attached hydrogens (primary N) is 1. The lowest BCUT2D eigenvalue weighted by molar-refractivity contribution is 0.343. The highest BCUT2D eigenvalue weighted by atomic mass is 35.5. The molecule has 0 aliphatic carbocycles. The van der Waals surface area contributed by atoms with Gasteiger partial charge in [0.2, 0.25) is 10.0 Å². The molecule has 3 N–H and O–H groups in total. The number of hydrogen-bond acceptors (Lipinski definition) is 5. The van der Waals surface area contributed by atoms with Crippen LogP contribution < -0.4 is 19.9 Å². The molecule has 1 aromatic rings. The third kappa shape index (κ3) is 5.51. The van der Waals surface area contributed by atoms with Crippen LogP contribution in [0.3, 0.4) is 0 Å². The number of ether oxygens (including phenoxy) is 2. The van der Waals surface area contributed by atoms with Crippen molar-refractivity contribution in [1.29, 1.82) is 0 Å². The molecule has 0 aliphatic rings. The van der Waals surface area contributed by atoms with Gasteiger partial charge in [-0.05, 0) is 37.8 Å². The first-order chi connectivity index (χ1) is 10.6. The molecular weight excluding hydrogens is 352 g/mol. The minimum Gasteiger partial charge on any atom is -0.493 e. The van der Waals surface area contributed by atoms with Crippen molar-refractivity contribution in [3.63, 3.8) is 0 Å². The van der Waals surface area contributed by atoms with Crippen LogP contribution in [0.4, 0.5) is 0 Å². The fraction of sp³-hybridized carbons (Fsp3) is 0.625. The van der Waals surface area contributed by atoms with Gasteiger partial charge in [-0.15, -0.1) is 12.4 Å². The van der Waals surface area contributed by atoms with Gasteiger partial charge in [-0.2, -0.15) is 0 Å². The van der Waals surface area contributed by atoms with Crippen LogP contribution in [0, 0.1) is 12.8 Å². The summed E-state index contributed by atoms with van der Waals surface area (Å²) in [5, 5.41) is 0. The Morgan fingerprint density at radius 2 is 1.71 bits per heavy atom. The zero-order valence-corrected chi connectivity index (χ0v) is 16.8. The van der Waals surface area contributed by atoms with Crippen LogP contribution in [0.15, 0.2) is 17.0 Å². The number of benzene rings is 1. The van der Waals surface area contributed by atoms with E-state index in [4.69, 9.17) is 15.2 Å². The molecule has 8 heteroatoms. The van der Waals surface area contributed by atoms with E-state index in [1.165, 1.54) is 20.3 Å². The summed E-state index contributed by atoms with van der Waals surface area (Å²) >= 11 is 0. The van der Waals surface area contributed by atoms with Crippen molar-refractivity contribution in [3.05, 3.63) is 17.7 Å². The molecule has 0 saturated carbocycles. The summed E-state index contributed by atoms with van der Waals surface area (Å²) in [6.45, 7) is 7.82. The predicted molar refractivity (Wildman–Crippen MR) is 98.8 cm³/mol. The zero-order valence-electron chi connectivity index (χ0n) is 15.2. The van der Waals surface area contributed by atoms with E-state index in [2.05, 4.69) is 4.72 Å². The van der Waals surface area contributed by atoms with E-state index in [1.807, 2.05) is 20.8 Å². The van der Waals surface area contributed by atoms with E-state index in [0.717, 1.165) is 0 Å². The summed E-state index contributed by atoms with van der Waals surface area (Å²) in [6.07, 6.45) is 0.648. The van der Waals surface area contributed by atoms with Gasteiger partial charge in [-0.1, -0.05) is 13.8 Å². The molecule has 0 aliphatic heterocycles. The van der Waals surface area contributed by atoms with Crippen molar-refractivity contribution in [1.82, 2.24) is 4.72 Å². The Hall–Kier alpha value is -1.02. The number of sulfonamides is 1. The smallest absolute Gasteiger partial charge is 0.241 e. The van der Waals surface area contributed by atoms with Crippen molar-refractivity contribution in [3.8, 4) is 11.5 Å². The molecule has 0 bridgehead atoms. The van der Waals surface area contributed by atoms with E-state index in [0.29, 0.717) is 29.4 Å². The van der Waals surface area contributed by atoms with Crippen LogP contribution in [0.2, 0.25) is 0 Å². The summed E-state index contributed by atoms with van der Waals surface area (Å²) in [6, 6.07) is 3.12. The Labute approximate surface area is 151 Å². The number of rotatable bonds is 8. The fourth-order valence-corrected chi connectivity index (χ4v) is 4.37. The maximum Gasteiger partial charge on any atom is 0.241 e. The van der Waals surface area contributed by atoms with Crippen LogP contribution in [0.25, 0.3) is 0 Å². The molecule has 0 amide bonds. The molecule has 0 aromatic heterocycles. The van der Waals surface area contributed by atoms with Gasteiger partial charge in [0.25, 0.3) is 0 Å². The third-order valence-corrected chi connectivity index (χ3v) is 5.44. The fourth-order valence-electron chi connectivity index (χ4n) is 2.70.